The third-order valence-corrected chi connectivity index (χ3v) is 5.35. The second kappa shape index (κ2) is 4.47. The molecule has 1 nitrogen and oxygen atoms in total. The highest BCUT2D eigenvalue weighted by Gasteiger charge is 2.40. The molecule has 0 saturated heterocycles. The number of fused-ring (bicyclic) bond motifs is 1. The minimum Gasteiger partial charge on any atom is -0.201 e. The lowest BCUT2D eigenvalue weighted by Crippen LogP contribution is -2.47. The standard InChI is InChI=1S/C14H17IN/c15-13-9-11-5-4-6-12(11)10-14(13)16-7-2-1-3-8-16/h1-4,6-8,11-14H,5,9-10H2/q+1/t11-,12-,13+,14-/m0/s1. The van der Waals surface area contributed by atoms with Crippen molar-refractivity contribution in [1.82, 2.24) is 0 Å². The lowest BCUT2D eigenvalue weighted by molar-refractivity contribution is -0.724. The smallest absolute Gasteiger partial charge is 0.170 e. The Bertz CT molecular complexity index is 387. The Labute approximate surface area is 111 Å². The molecule has 1 saturated carbocycles. The van der Waals surface area contributed by atoms with E-state index in [4.69, 9.17) is 0 Å². The first-order valence-electron chi connectivity index (χ1n) is 6.11. The molecule has 0 N–H and O–H groups in total. The number of halogens is 1. The van der Waals surface area contributed by atoms with Crippen molar-refractivity contribution in [1.29, 1.82) is 0 Å². The van der Waals surface area contributed by atoms with Gasteiger partial charge in [-0.2, -0.15) is 0 Å². The molecule has 0 amide bonds. The van der Waals surface area contributed by atoms with E-state index >= 15 is 0 Å². The van der Waals surface area contributed by atoms with Crippen LogP contribution in [0.15, 0.2) is 42.7 Å². The van der Waals surface area contributed by atoms with E-state index < -0.39 is 0 Å². The molecule has 0 unspecified atom stereocenters. The van der Waals surface area contributed by atoms with Crippen molar-refractivity contribution in [3.8, 4) is 0 Å². The number of allylic oxidation sites excluding steroid dienone is 2. The topological polar surface area (TPSA) is 3.88 Å². The van der Waals surface area contributed by atoms with Gasteiger partial charge in [0.2, 0.25) is 0 Å². The van der Waals surface area contributed by atoms with E-state index in [0.29, 0.717) is 6.04 Å². The predicted octanol–water partition coefficient (Wildman–Crippen LogP) is 3.30. The van der Waals surface area contributed by atoms with Gasteiger partial charge in [-0.25, -0.2) is 4.57 Å². The Hall–Kier alpha value is -0.380. The zero-order valence-corrected chi connectivity index (χ0v) is 11.5. The van der Waals surface area contributed by atoms with Gasteiger partial charge in [-0.15, -0.1) is 0 Å². The van der Waals surface area contributed by atoms with Crippen molar-refractivity contribution in [2.75, 3.05) is 0 Å². The maximum atomic E-state index is 2.65. The van der Waals surface area contributed by atoms with Crippen LogP contribution in [0.3, 0.4) is 0 Å². The fraction of sp³-hybridized carbons (Fsp3) is 0.500. The number of hydrogen-bond donors (Lipinski definition) is 0. The number of nitrogens with zero attached hydrogens (tertiary/aromatic N) is 1. The second-order valence-electron chi connectivity index (χ2n) is 4.97. The van der Waals surface area contributed by atoms with Crippen LogP contribution in [0.4, 0.5) is 0 Å². The summed E-state index contributed by atoms with van der Waals surface area (Å²) in [5.74, 6) is 1.77. The maximum absolute atomic E-state index is 2.65. The Balaban J connectivity index is 1.83. The molecule has 3 rings (SSSR count). The molecule has 0 radical (unpaired) electrons. The number of rotatable bonds is 1. The average Bonchev–Trinajstić information content (AvgIpc) is 2.76. The Kier molecular flexibility index (Phi) is 3.01. The van der Waals surface area contributed by atoms with Crippen LogP contribution in [0.1, 0.15) is 25.3 Å². The van der Waals surface area contributed by atoms with Crippen molar-refractivity contribution < 1.29 is 4.57 Å². The molecule has 0 aromatic carbocycles. The van der Waals surface area contributed by atoms with Crippen molar-refractivity contribution in [3.63, 3.8) is 0 Å². The minimum atomic E-state index is 0.686. The lowest BCUT2D eigenvalue weighted by atomic mass is 9.79. The SMILES string of the molecule is I[C@@H]1C[C@@H]2CC=C[C@H]2C[C@@H]1[n+]1ccccc1. The molecule has 16 heavy (non-hydrogen) atoms. The highest BCUT2D eigenvalue weighted by atomic mass is 127. The largest absolute Gasteiger partial charge is 0.201 e. The molecular formula is C14H17IN+. The molecule has 1 aromatic rings. The van der Waals surface area contributed by atoms with Crippen LogP contribution in [-0.2, 0) is 0 Å². The highest BCUT2D eigenvalue weighted by Crippen LogP contribution is 2.43. The van der Waals surface area contributed by atoms with Gasteiger partial charge in [0.25, 0.3) is 0 Å². The number of pyridine rings is 1. The fourth-order valence-corrected chi connectivity index (χ4v) is 4.43. The summed E-state index contributed by atoms with van der Waals surface area (Å²) in [6, 6.07) is 7.06. The van der Waals surface area contributed by atoms with Crippen LogP contribution in [0.2, 0.25) is 0 Å². The molecule has 84 valence electrons. The van der Waals surface area contributed by atoms with Gasteiger partial charge in [0.05, 0.1) is 3.92 Å². The van der Waals surface area contributed by atoms with Crippen LogP contribution in [-0.4, -0.2) is 3.92 Å². The summed E-state index contributed by atoms with van der Waals surface area (Å²) in [6.45, 7) is 0. The summed E-state index contributed by atoms with van der Waals surface area (Å²) in [7, 11) is 0. The van der Waals surface area contributed by atoms with Crippen LogP contribution < -0.4 is 4.57 Å². The summed E-state index contributed by atoms with van der Waals surface area (Å²) in [5, 5.41) is 0. The second-order valence-corrected chi connectivity index (χ2v) is 6.57. The Morgan fingerprint density at radius 2 is 1.88 bits per heavy atom. The van der Waals surface area contributed by atoms with Crippen molar-refractivity contribution in [2.45, 2.75) is 29.2 Å². The maximum Gasteiger partial charge on any atom is 0.170 e. The van der Waals surface area contributed by atoms with Crippen LogP contribution in [0.5, 0.6) is 0 Å². The van der Waals surface area contributed by atoms with E-state index in [1.807, 2.05) is 0 Å². The minimum absolute atomic E-state index is 0.686. The van der Waals surface area contributed by atoms with Crippen LogP contribution in [0.25, 0.3) is 0 Å². The number of alkyl halides is 1. The summed E-state index contributed by atoms with van der Waals surface area (Å²) in [4.78, 5) is 0. The zero-order chi connectivity index (χ0) is 11.0. The first-order chi connectivity index (χ1) is 7.84. The van der Waals surface area contributed by atoms with Gasteiger partial charge in [-0.1, -0.05) is 40.8 Å². The molecule has 2 aliphatic carbocycles. The molecule has 1 heterocycles. The summed E-state index contributed by atoms with van der Waals surface area (Å²) < 4.78 is 3.19. The van der Waals surface area contributed by atoms with E-state index in [2.05, 4.69) is 69.9 Å². The summed E-state index contributed by atoms with van der Waals surface area (Å²) in [6.07, 6.45) is 13.3. The molecule has 2 aliphatic rings. The molecule has 1 aromatic heterocycles. The molecule has 2 heteroatoms. The van der Waals surface area contributed by atoms with Gasteiger partial charge >= 0.3 is 0 Å². The predicted molar refractivity (Wildman–Crippen MR) is 73.5 cm³/mol. The van der Waals surface area contributed by atoms with Crippen LogP contribution in [0, 0.1) is 11.8 Å². The normalized spacial score (nSPS) is 37.3. The third-order valence-electron chi connectivity index (χ3n) is 4.01. The first-order valence-corrected chi connectivity index (χ1v) is 7.35. The fourth-order valence-electron chi connectivity index (χ4n) is 3.12. The van der Waals surface area contributed by atoms with Crippen LogP contribution >= 0.6 is 22.6 Å². The van der Waals surface area contributed by atoms with Crippen molar-refractivity contribution in [3.05, 3.63) is 42.7 Å². The van der Waals surface area contributed by atoms with E-state index in [9.17, 15) is 0 Å². The molecule has 4 atom stereocenters. The van der Waals surface area contributed by atoms with Crippen molar-refractivity contribution in [2.24, 2.45) is 11.8 Å². The van der Waals surface area contributed by atoms with E-state index in [1.54, 1.807) is 0 Å². The zero-order valence-electron chi connectivity index (χ0n) is 9.30. The monoisotopic (exact) mass is 326 g/mol. The molecule has 0 aliphatic heterocycles. The van der Waals surface area contributed by atoms with Gasteiger partial charge < -0.3 is 0 Å². The quantitative estimate of drug-likeness (QED) is 0.323. The van der Waals surface area contributed by atoms with Gasteiger partial charge in [0, 0.05) is 18.6 Å². The highest BCUT2D eigenvalue weighted by molar-refractivity contribution is 14.1. The molecule has 0 bridgehead atoms. The van der Waals surface area contributed by atoms with E-state index in [0.717, 1.165) is 15.8 Å². The third kappa shape index (κ3) is 1.92. The van der Waals surface area contributed by atoms with Gasteiger partial charge in [-0.3, -0.25) is 0 Å². The number of aromatic nitrogens is 1. The molecule has 1 fully saturated rings. The van der Waals surface area contributed by atoms with E-state index in [-0.39, 0.29) is 0 Å². The van der Waals surface area contributed by atoms with Crippen molar-refractivity contribution >= 4 is 22.6 Å². The lowest BCUT2D eigenvalue weighted by Gasteiger charge is -2.32. The molecule has 0 spiro atoms. The summed E-state index contributed by atoms with van der Waals surface area (Å²) >= 11 is 2.65. The Morgan fingerprint density at radius 3 is 2.69 bits per heavy atom. The number of hydrogen-bond acceptors (Lipinski definition) is 0. The van der Waals surface area contributed by atoms with E-state index in [1.165, 1.54) is 19.3 Å². The van der Waals surface area contributed by atoms with Gasteiger partial charge in [0.15, 0.2) is 18.4 Å². The first kappa shape index (κ1) is 10.8. The van der Waals surface area contributed by atoms with Gasteiger partial charge in [-0.05, 0) is 24.7 Å². The van der Waals surface area contributed by atoms with Gasteiger partial charge in [0.1, 0.15) is 0 Å². The Morgan fingerprint density at radius 1 is 1.06 bits per heavy atom. The average molecular weight is 326 g/mol. The summed E-state index contributed by atoms with van der Waals surface area (Å²) in [5.41, 5.74) is 0. The molecular weight excluding hydrogens is 309 g/mol.